The number of ether oxygens (including phenoxy) is 1. The van der Waals surface area contributed by atoms with Gasteiger partial charge in [-0.05, 0) is 58.1 Å². The van der Waals surface area contributed by atoms with E-state index in [0.29, 0.717) is 51.7 Å². The summed E-state index contributed by atoms with van der Waals surface area (Å²) < 4.78 is 5.25. The van der Waals surface area contributed by atoms with Crippen molar-refractivity contribution in [2.75, 3.05) is 20.1 Å². The number of nitrogens with zero attached hydrogens (tertiary/aromatic N) is 1. The number of carbonyl (C=O) groups is 3. The third-order valence-corrected chi connectivity index (χ3v) is 6.93. The summed E-state index contributed by atoms with van der Waals surface area (Å²) in [5.74, 6) is -0.159. The molecule has 1 aromatic heterocycles. The van der Waals surface area contributed by atoms with E-state index in [9.17, 15) is 14.4 Å². The second-order valence-corrected chi connectivity index (χ2v) is 10.5. The Morgan fingerprint density at radius 3 is 2.74 bits per heavy atom. The Hall–Kier alpha value is -3.07. The molecule has 2 aliphatic rings. The van der Waals surface area contributed by atoms with Gasteiger partial charge in [0.1, 0.15) is 17.2 Å². The summed E-state index contributed by atoms with van der Waals surface area (Å²) in [5.41, 5.74) is 2.19. The number of amides is 3. The molecule has 2 aromatic rings. The van der Waals surface area contributed by atoms with Gasteiger partial charge in [-0.25, -0.2) is 4.79 Å². The molecule has 0 saturated carbocycles. The van der Waals surface area contributed by atoms with E-state index in [-0.39, 0.29) is 11.8 Å². The fourth-order valence-corrected chi connectivity index (χ4v) is 5.21. The molecule has 0 bridgehead atoms. The molecule has 4 rings (SSSR count). The minimum atomic E-state index is -0.678. The number of rotatable bonds is 7. The summed E-state index contributed by atoms with van der Waals surface area (Å²) in [7, 11) is 1.60. The molecule has 2 aliphatic heterocycles. The highest BCUT2D eigenvalue weighted by Gasteiger charge is 2.51. The maximum atomic E-state index is 13.7. The fourth-order valence-electron chi connectivity index (χ4n) is 5.21. The number of benzene rings is 1. The van der Waals surface area contributed by atoms with Crippen LogP contribution in [0.4, 0.5) is 4.79 Å². The maximum Gasteiger partial charge on any atom is 0.407 e. The van der Waals surface area contributed by atoms with Gasteiger partial charge in [0.25, 0.3) is 0 Å². The molecular formula is C26H37N5O4. The zero-order valence-corrected chi connectivity index (χ0v) is 21.1. The van der Waals surface area contributed by atoms with Crippen LogP contribution in [0.15, 0.2) is 24.3 Å². The van der Waals surface area contributed by atoms with Crippen LogP contribution < -0.4 is 16.0 Å². The van der Waals surface area contributed by atoms with Crippen LogP contribution in [0.5, 0.6) is 0 Å². The highest BCUT2D eigenvalue weighted by atomic mass is 16.6. The molecule has 0 aliphatic carbocycles. The second-order valence-electron chi connectivity index (χ2n) is 10.5. The average molecular weight is 484 g/mol. The van der Waals surface area contributed by atoms with E-state index in [0.717, 1.165) is 16.6 Å². The van der Waals surface area contributed by atoms with Gasteiger partial charge in [0.15, 0.2) is 0 Å². The Morgan fingerprint density at radius 1 is 1.23 bits per heavy atom. The number of hydrogen-bond acceptors (Lipinski definition) is 5. The van der Waals surface area contributed by atoms with Gasteiger partial charge in [-0.3, -0.25) is 14.9 Å². The van der Waals surface area contributed by atoms with Crippen LogP contribution in [-0.4, -0.2) is 65.1 Å². The molecule has 3 heterocycles. The fraction of sp³-hybridized carbons (Fsp3) is 0.577. The molecule has 1 spiro atoms. The summed E-state index contributed by atoms with van der Waals surface area (Å²) in [6, 6.07) is 7.65. The van der Waals surface area contributed by atoms with Crippen molar-refractivity contribution in [2.45, 2.75) is 76.6 Å². The number of nitrogens with one attached hydrogen (secondary N) is 4. The van der Waals surface area contributed by atoms with Crippen LogP contribution in [-0.2, 0) is 27.3 Å². The first kappa shape index (κ1) is 25.0. The minimum Gasteiger partial charge on any atom is -0.444 e. The largest absolute Gasteiger partial charge is 0.444 e. The van der Waals surface area contributed by atoms with E-state index in [4.69, 9.17) is 4.74 Å². The molecule has 190 valence electrons. The summed E-state index contributed by atoms with van der Waals surface area (Å²) in [4.78, 5) is 43.5. The Balaban J connectivity index is 1.38. The molecule has 1 saturated heterocycles. The first-order valence-corrected chi connectivity index (χ1v) is 12.5. The molecule has 2 atom stereocenters. The number of para-hydroxylation sites is 1. The van der Waals surface area contributed by atoms with Crippen molar-refractivity contribution in [3.63, 3.8) is 0 Å². The van der Waals surface area contributed by atoms with Gasteiger partial charge in [-0.2, -0.15) is 0 Å². The van der Waals surface area contributed by atoms with Crippen molar-refractivity contribution < 1.29 is 19.1 Å². The van der Waals surface area contributed by atoms with Gasteiger partial charge in [-0.15, -0.1) is 0 Å². The first-order valence-electron chi connectivity index (χ1n) is 12.5. The quantitative estimate of drug-likeness (QED) is 0.452. The van der Waals surface area contributed by atoms with Crippen molar-refractivity contribution >= 4 is 28.8 Å². The third-order valence-electron chi connectivity index (χ3n) is 6.93. The number of alkyl carbamates (subject to hydrolysis) is 1. The Morgan fingerprint density at radius 2 is 2.00 bits per heavy atom. The molecular weight excluding hydrogens is 446 g/mol. The lowest BCUT2D eigenvalue weighted by Crippen LogP contribution is -2.57. The number of carbonyl (C=O) groups excluding carboxylic acids is 3. The summed E-state index contributed by atoms with van der Waals surface area (Å²) in [6.45, 7) is 7.06. The first-order chi connectivity index (χ1) is 16.6. The summed E-state index contributed by atoms with van der Waals surface area (Å²) in [5, 5.41) is 10.1. The molecule has 35 heavy (non-hydrogen) atoms. The molecule has 9 heteroatoms. The molecule has 4 N–H and O–H groups in total. The van der Waals surface area contributed by atoms with E-state index >= 15 is 0 Å². The average Bonchev–Trinajstić information content (AvgIpc) is 3.32. The number of likely N-dealkylation sites (N-methyl/N-ethyl adjacent to an activating group) is 1. The van der Waals surface area contributed by atoms with Crippen molar-refractivity contribution in [3.05, 3.63) is 35.5 Å². The van der Waals surface area contributed by atoms with Crippen molar-refractivity contribution in [3.8, 4) is 0 Å². The number of aromatic amines is 1. The van der Waals surface area contributed by atoms with Crippen LogP contribution >= 0.6 is 0 Å². The van der Waals surface area contributed by atoms with E-state index in [1.807, 2.05) is 32.9 Å². The Kier molecular flexibility index (Phi) is 7.07. The number of fused-ring (bicyclic) bond motifs is 3. The molecule has 1 fully saturated rings. The van der Waals surface area contributed by atoms with Crippen LogP contribution in [0.1, 0.15) is 57.7 Å². The number of H-pyrrole nitrogens is 1. The van der Waals surface area contributed by atoms with Gasteiger partial charge in [0, 0.05) is 49.7 Å². The number of unbranched alkanes of at least 4 members (excludes halogenated alkanes) is 1. The molecule has 2 unspecified atom stereocenters. The summed E-state index contributed by atoms with van der Waals surface area (Å²) in [6.07, 6.45) is 2.76. The van der Waals surface area contributed by atoms with Crippen LogP contribution in [0.25, 0.3) is 10.9 Å². The zero-order valence-electron chi connectivity index (χ0n) is 21.1. The number of likely N-dealkylation sites (tertiary alicyclic amines) is 1. The maximum absolute atomic E-state index is 13.7. The van der Waals surface area contributed by atoms with Crippen LogP contribution in [0.2, 0.25) is 0 Å². The van der Waals surface area contributed by atoms with Crippen molar-refractivity contribution in [2.24, 2.45) is 0 Å². The van der Waals surface area contributed by atoms with Crippen LogP contribution in [0, 0.1) is 0 Å². The predicted molar refractivity (Wildman–Crippen MR) is 134 cm³/mol. The van der Waals surface area contributed by atoms with E-state index < -0.39 is 23.3 Å². The second kappa shape index (κ2) is 9.89. The highest BCUT2D eigenvalue weighted by molar-refractivity contribution is 5.95. The molecule has 3 amide bonds. The lowest BCUT2D eigenvalue weighted by atomic mass is 9.84. The topological polar surface area (TPSA) is 116 Å². The van der Waals surface area contributed by atoms with Crippen molar-refractivity contribution in [1.29, 1.82) is 0 Å². The van der Waals surface area contributed by atoms with E-state index in [1.54, 1.807) is 11.9 Å². The highest BCUT2D eigenvalue weighted by Crippen LogP contribution is 2.36. The minimum absolute atomic E-state index is 0.00564. The number of aromatic nitrogens is 1. The zero-order chi connectivity index (χ0) is 25.2. The lowest BCUT2D eigenvalue weighted by Gasteiger charge is -2.34. The van der Waals surface area contributed by atoms with E-state index in [2.05, 4.69) is 33.1 Å². The van der Waals surface area contributed by atoms with Gasteiger partial charge < -0.3 is 25.3 Å². The van der Waals surface area contributed by atoms with Gasteiger partial charge in [-0.1, -0.05) is 18.2 Å². The van der Waals surface area contributed by atoms with Gasteiger partial charge >= 0.3 is 6.09 Å². The standard InChI is InChI=1S/C26H37N5O4/c1-25(2,3)35-24(34)28-13-8-7-11-21(22(32)27-4)31-14-12-26(23(31)33)15-18-17-9-5-6-10-19(17)30-20(18)16-29-26/h5-6,9-10,21,29-30H,7-8,11-16H2,1-4H3,(H,27,32)(H,28,34). The molecule has 1 aromatic carbocycles. The monoisotopic (exact) mass is 483 g/mol. The normalized spacial score (nSPS) is 20.7. The predicted octanol–water partition coefficient (Wildman–Crippen LogP) is 2.59. The molecule has 9 nitrogen and oxygen atoms in total. The number of hydrogen-bond donors (Lipinski definition) is 4. The smallest absolute Gasteiger partial charge is 0.407 e. The third kappa shape index (κ3) is 5.29. The molecule has 0 radical (unpaired) electrons. The summed E-state index contributed by atoms with van der Waals surface area (Å²) >= 11 is 0. The SMILES string of the molecule is CNC(=O)C(CCCCNC(=O)OC(C)(C)C)N1CCC2(Cc3c([nH]c4ccccc34)CN2)C1=O. The van der Waals surface area contributed by atoms with Crippen molar-refractivity contribution in [1.82, 2.24) is 25.8 Å². The van der Waals surface area contributed by atoms with Crippen LogP contribution in [0.3, 0.4) is 0 Å². The van der Waals surface area contributed by atoms with E-state index in [1.165, 1.54) is 5.56 Å². The Labute approximate surface area is 206 Å². The van der Waals surface area contributed by atoms with Gasteiger partial charge in [0.05, 0.1) is 0 Å². The lowest BCUT2D eigenvalue weighted by molar-refractivity contribution is -0.141. The van der Waals surface area contributed by atoms with Gasteiger partial charge in [0.2, 0.25) is 11.8 Å². The Bertz CT molecular complexity index is 1100.